The number of urea groups is 1. The highest BCUT2D eigenvalue weighted by Crippen LogP contribution is 2.34. The summed E-state index contributed by atoms with van der Waals surface area (Å²) >= 11 is 0. The third-order valence-electron chi connectivity index (χ3n) is 5.64. The van der Waals surface area contributed by atoms with Crippen LogP contribution in [0.5, 0.6) is 0 Å². The number of rotatable bonds is 4. The summed E-state index contributed by atoms with van der Waals surface area (Å²) in [6.45, 7) is 5.78. The quantitative estimate of drug-likeness (QED) is 0.865. The minimum absolute atomic E-state index is 0.00693. The molecule has 1 aromatic rings. The van der Waals surface area contributed by atoms with Gasteiger partial charge in [0.1, 0.15) is 0 Å². The lowest BCUT2D eigenvalue weighted by Crippen LogP contribution is -2.43. The Hall–Kier alpha value is -2.08. The molecular weight excluding hydrogens is 332 g/mol. The molecule has 26 heavy (non-hydrogen) atoms. The Morgan fingerprint density at radius 2 is 2.08 bits per heavy atom. The average Bonchev–Trinajstić information content (AvgIpc) is 3.05. The summed E-state index contributed by atoms with van der Waals surface area (Å²) in [4.78, 5) is 25.4. The number of carboxylic acids is 1. The fourth-order valence-electron chi connectivity index (χ4n) is 3.82. The van der Waals surface area contributed by atoms with E-state index in [0.29, 0.717) is 19.5 Å². The lowest BCUT2D eigenvalue weighted by molar-refractivity contribution is -0.147. The van der Waals surface area contributed by atoms with E-state index in [-0.39, 0.29) is 24.6 Å². The van der Waals surface area contributed by atoms with E-state index < -0.39 is 11.4 Å². The molecule has 142 valence electrons. The van der Waals surface area contributed by atoms with Crippen molar-refractivity contribution in [2.45, 2.75) is 39.2 Å². The smallest absolute Gasteiger partial charge is 0.317 e. The number of benzene rings is 1. The maximum atomic E-state index is 12.5. The number of hydrogen-bond acceptors (Lipinski definition) is 3. The van der Waals surface area contributed by atoms with E-state index in [1.54, 1.807) is 11.8 Å². The number of amides is 2. The Kier molecular flexibility index (Phi) is 5.51. The van der Waals surface area contributed by atoms with Crippen molar-refractivity contribution in [3.05, 3.63) is 35.4 Å². The van der Waals surface area contributed by atoms with Gasteiger partial charge in [-0.1, -0.05) is 29.8 Å². The highest BCUT2D eigenvalue weighted by atomic mass is 16.5. The van der Waals surface area contributed by atoms with Gasteiger partial charge in [0.2, 0.25) is 0 Å². The molecule has 0 bridgehead atoms. The van der Waals surface area contributed by atoms with E-state index in [1.807, 2.05) is 0 Å². The lowest BCUT2D eigenvalue weighted by atomic mass is 9.89. The van der Waals surface area contributed by atoms with Crippen LogP contribution in [0, 0.1) is 18.3 Å². The van der Waals surface area contributed by atoms with Crippen molar-refractivity contribution in [2.24, 2.45) is 11.3 Å². The van der Waals surface area contributed by atoms with Crippen LogP contribution in [0.3, 0.4) is 0 Å². The molecule has 2 saturated heterocycles. The predicted molar refractivity (Wildman–Crippen MR) is 97.9 cm³/mol. The van der Waals surface area contributed by atoms with Crippen LogP contribution in [-0.2, 0) is 9.53 Å². The summed E-state index contributed by atoms with van der Waals surface area (Å²) in [7, 11) is 0. The maximum Gasteiger partial charge on any atom is 0.317 e. The molecule has 0 saturated carbocycles. The van der Waals surface area contributed by atoms with E-state index in [4.69, 9.17) is 4.74 Å². The van der Waals surface area contributed by atoms with Gasteiger partial charge < -0.3 is 20.1 Å². The van der Waals surface area contributed by atoms with E-state index in [2.05, 4.69) is 36.5 Å². The number of carbonyl (C=O) groups is 2. The number of aryl methyl sites for hydroxylation is 1. The van der Waals surface area contributed by atoms with E-state index in [9.17, 15) is 14.7 Å². The van der Waals surface area contributed by atoms with Crippen molar-refractivity contribution in [1.82, 2.24) is 10.2 Å². The second kappa shape index (κ2) is 7.66. The molecule has 2 fully saturated rings. The standard InChI is InChI=1S/C20H28N2O4/c1-14-5-7-15(8-6-14)17-16(4-3-11-26-17)12-21-19(25)22-10-9-20(2,13-22)18(23)24/h5-8,16-17H,3-4,9-13H2,1-2H3,(H,21,25)(H,23,24). The lowest BCUT2D eigenvalue weighted by Gasteiger charge is -2.33. The van der Waals surface area contributed by atoms with Crippen molar-refractivity contribution in [2.75, 3.05) is 26.2 Å². The number of carboxylic acid groups (broad SMARTS) is 1. The highest BCUT2D eigenvalue weighted by molar-refractivity contribution is 5.79. The van der Waals surface area contributed by atoms with E-state index in [0.717, 1.165) is 25.0 Å². The van der Waals surface area contributed by atoms with Crippen LogP contribution in [0.2, 0.25) is 0 Å². The van der Waals surface area contributed by atoms with Gasteiger partial charge in [-0.3, -0.25) is 4.79 Å². The summed E-state index contributed by atoms with van der Waals surface area (Å²) in [5, 5.41) is 12.3. The van der Waals surface area contributed by atoms with Crippen molar-refractivity contribution < 1.29 is 19.4 Å². The molecule has 2 aliphatic heterocycles. The number of carbonyl (C=O) groups excluding carboxylic acids is 1. The zero-order valence-electron chi connectivity index (χ0n) is 15.5. The van der Waals surface area contributed by atoms with Crippen LogP contribution in [0.1, 0.15) is 43.4 Å². The average molecular weight is 360 g/mol. The number of likely N-dealkylation sites (tertiary alicyclic amines) is 1. The number of nitrogens with one attached hydrogen (secondary N) is 1. The van der Waals surface area contributed by atoms with Crippen LogP contribution >= 0.6 is 0 Å². The van der Waals surface area contributed by atoms with Crippen LogP contribution in [0.25, 0.3) is 0 Å². The zero-order chi connectivity index (χ0) is 18.7. The van der Waals surface area contributed by atoms with Gasteiger partial charge in [-0.15, -0.1) is 0 Å². The summed E-state index contributed by atoms with van der Waals surface area (Å²) in [6.07, 6.45) is 2.48. The van der Waals surface area contributed by atoms with Gasteiger partial charge >= 0.3 is 12.0 Å². The molecule has 0 spiro atoms. The SMILES string of the molecule is Cc1ccc(C2OCCCC2CNC(=O)N2CCC(C)(C(=O)O)C2)cc1. The highest BCUT2D eigenvalue weighted by Gasteiger charge is 2.42. The molecule has 3 atom stereocenters. The van der Waals surface area contributed by atoms with E-state index >= 15 is 0 Å². The van der Waals surface area contributed by atoms with Crippen LogP contribution in [-0.4, -0.2) is 48.2 Å². The van der Waals surface area contributed by atoms with Gasteiger partial charge in [-0.25, -0.2) is 4.79 Å². The first-order chi connectivity index (χ1) is 12.4. The summed E-state index contributed by atoms with van der Waals surface area (Å²) in [6, 6.07) is 8.18. The summed E-state index contributed by atoms with van der Waals surface area (Å²) < 4.78 is 6.00. The van der Waals surface area contributed by atoms with Crippen LogP contribution < -0.4 is 5.32 Å². The first kappa shape index (κ1) is 18.7. The Morgan fingerprint density at radius 3 is 2.73 bits per heavy atom. The monoisotopic (exact) mass is 360 g/mol. The van der Waals surface area contributed by atoms with E-state index in [1.165, 1.54) is 5.56 Å². The summed E-state index contributed by atoms with van der Waals surface area (Å²) in [5.74, 6) is -0.614. The van der Waals surface area contributed by atoms with Crippen LogP contribution in [0.15, 0.2) is 24.3 Å². The molecule has 0 aliphatic carbocycles. The van der Waals surface area contributed by atoms with Crippen molar-refractivity contribution >= 4 is 12.0 Å². The molecule has 2 amide bonds. The Labute approximate surface area is 154 Å². The van der Waals surface area contributed by atoms with Gasteiger partial charge in [0, 0.05) is 32.2 Å². The zero-order valence-corrected chi connectivity index (χ0v) is 15.5. The first-order valence-electron chi connectivity index (χ1n) is 9.33. The normalized spacial score (nSPS) is 28.8. The molecule has 3 rings (SSSR count). The molecule has 0 aromatic heterocycles. The van der Waals surface area contributed by atoms with Crippen molar-refractivity contribution in [3.63, 3.8) is 0 Å². The Bertz CT molecular complexity index is 660. The molecule has 1 aromatic carbocycles. The van der Waals surface area contributed by atoms with Crippen molar-refractivity contribution in [1.29, 1.82) is 0 Å². The number of ether oxygens (including phenoxy) is 1. The molecule has 3 unspecified atom stereocenters. The molecule has 6 heteroatoms. The number of hydrogen-bond donors (Lipinski definition) is 2. The first-order valence-corrected chi connectivity index (χ1v) is 9.33. The molecule has 2 aliphatic rings. The summed E-state index contributed by atoms with van der Waals surface area (Å²) in [5.41, 5.74) is 1.52. The second-order valence-corrected chi connectivity index (χ2v) is 7.83. The number of nitrogens with zero attached hydrogens (tertiary/aromatic N) is 1. The van der Waals surface area contributed by atoms with Gasteiger partial charge in [0.25, 0.3) is 0 Å². The van der Waals surface area contributed by atoms with Crippen LogP contribution in [0.4, 0.5) is 4.79 Å². The van der Waals surface area contributed by atoms with Gasteiger partial charge in [-0.05, 0) is 38.7 Å². The Morgan fingerprint density at radius 1 is 1.35 bits per heavy atom. The third kappa shape index (κ3) is 4.01. The fourth-order valence-corrected chi connectivity index (χ4v) is 3.82. The second-order valence-electron chi connectivity index (χ2n) is 7.83. The van der Waals surface area contributed by atoms with Crippen molar-refractivity contribution in [3.8, 4) is 0 Å². The molecule has 0 radical (unpaired) electrons. The number of aliphatic carboxylic acids is 1. The Balaban J connectivity index is 1.58. The largest absolute Gasteiger partial charge is 0.481 e. The topological polar surface area (TPSA) is 78.9 Å². The molecule has 2 heterocycles. The van der Waals surface area contributed by atoms with Gasteiger partial charge in [0.15, 0.2) is 0 Å². The molecule has 2 N–H and O–H groups in total. The molecular formula is C20H28N2O4. The fraction of sp³-hybridized carbons (Fsp3) is 0.600. The van der Waals surface area contributed by atoms with Gasteiger partial charge in [0.05, 0.1) is 11.5 Å². The molecule has 6 nitrogen and oxygen atoms in total. The van der Waals surface area contributed by atoms with Gasteiger partial charge in [-0.2, -0.15) is 0 Å². The third-order valence-corrected chi connectivity index (χ3v) is 5.64. The predicted octanol–water partition coefficient (Wildman–Crippen LogP) is 2.97. The minimum Gasteiger partial charge on any atom is -0.481 e. The maximum absolute atomic E-state index is 12.5. The minimum atomic E-state index is -0.840.